The summed E-state index contributed by atoms with van der Waals surface area (Å²) in [6, 6.07) is -1.12. The zero-order chi connectivity index (χ0) is 18.0. The number of nitrogens with one attached hydrogen (secondary N) is 2. The number of hydrazine groups is 1. The van der Waals surface area contributed by atoms with Crippen molar-refractivity contribution in [2.75, 3.05) is 0 Å². The maximum atomic E-state index is 12.4. The van der Waals surface area contributed by atoms with Crippen LogP contribution in [0, 0.1) is 17.8 Å². The van der Waals surface area contributed by atoms with E-state index in [0.717, 1.165) is 24.0 Å². The summed E-state index contributed by atoms with van der Waals surface area (Å²) in [6.45, 7) is 0. The molecule has 0 radical (unpaired) electrons. The molecule has 25 heavy (non-hydrogen) atoms. The van der Waals surface area contributed by atoms with Crippen molar-refractivity contribution in [2.24, 2.45) is 17.8 Å². The van der Waals surface area contributed by atoms with Gasteiger partial charge in [-0.05, 0) is 62.4 Å². The minimum atomic E-state index is -5.69. The number of rotatable bonds is 3. The maximum Gasteiger partial charge on any atom is 0.516 e. The zero-order valence-electron chi connectivity index (χ0n) is 13.4. The van der Waals surface area contributed by atoms with Crippen LogP contribution >= 0.6 is 0 Å². The largest absolute Gasteiger partial charge is 0.516 e. The Morgan fingerprint density at radius 2 is 1.64 bits per heavy atom. The van der Waals surface area contributed by atoms with E-state index < -0.39 is 27.5 Å². The van der Waals surface area contributed by atoms with Gasteiger partial charge in [0.15, 0.2) is 0 Å². The van der Waals surface area contributed by atoms with E-state index in [1.807, 2.05) is 5.01 Å². The Kier molecular flexibility index (Phi) is 3.67. The fourth-order valence-corrected chi connectivity index (χ4v) is 5.97. The third-order valence-corrected chi connectivity index (χ3v) is 7.12. The van der Waals surface area contributed by atoms with Crippen LogP contribution in [0.15, 0.2) is 12.3 Å². The van der Waals surface area contributed by atoms with E-state index in [2.05, 4.69) is 5.43 Å². The molecule has 10 heteroatoms. The number of halogens is 3. The normalized spacial score (nSPS) is 39.9. The highest BCUT2D eigenvalue weighted by atomic mass is 32.2. The van der Waals surface area contributed by atoms with Crippen LogP contribution in [0.4, 0.5) is 13.2 Å². The van der Waals surface area contributed by atoms with Crippen LogP contribution in [0.2, 0.25) is 0 Å². The first-order valence-corrected chi connectivity index (χ1v) is 9.93. The molecular weight excluding hydrogens is 359 g/mol. The number of hydrogen-bond acceptors (Lipinski definition) is 5. The van der Waals surface area contributed by atoms with Crippen molar-refractivity contribution >= 4 is 15.9 Å². The average Bonchev–Trinajstić information content (AvgIpc) is 2.94. The third-order valence-electron chi connectivity index (χ3n) is 6.04. The average molecular weight is 379 g/mol. The van der Waals surface area contributed by atoms with Gasteiger partial charge in [-0.25, -0.2) is 10.1 Å². The molecule has 0 saturated heterocycles. The first-order valence-electron chi connectivity index (χ1n) is 8.45. The van der Waals surface area contributed by atoms with Gasteiger partial charge in [0.25, 0.3) is 5.91 Å². The molecule has 5 rings (SSSR count). The number of amides is 1. The number of hydrogen-bond donors (Lipinski definition) is 2. The molecule has 0 spiro atoms. The molecule has 0 aromatic heterocycles. The standard InChI is InChI=1S/C15H20F3N3O3S/c16-15(17,18)25(23,24)20-13(22)12-1-2-21(19-12)14-6-9-3-10(7-14)5-11(4-9)8-14/h1-2,9-12,19H,3-8H2,(H,20,22). The van der Waals surface area contributed by atoms with Crippen LogP contribution in [-0.4, -0.2) is 36.4 Å². The maximum absolute atomic E-state index is 12.4. The molecule has 6 nitrogen and oxygen atoms in total. The van der Waals surface area contributed by atoms with E-state index in [-0.39, 0.29) is 5.54 Å². The number of nitrogens with zero attached hydrogens (tertiary/aromatic N) is 1. The lowest BCUT2D eigenvalue weighted by Crippen LogP contribution is -2.62. The highest BCUT2D eigenvalue weighted by Gasteiger charge is 2.54. The quantitative estimate of drug-likeness (QED) is 0.779. The number of carbonyl (C=O) groups is 1. The molecule has 4 fully saturated rings. The molecule has 4 bridgehead atoms. The van der Waals surface area contributed by atoms with Crippen LogP contribution in [-0.2, 0) is 14.8 Å². The van der Waals surface area contributed by atoms with Crippen LogP contribution in [0.1, 0.15) is 38.5 Å². The highest BCUT2D eigenvalue weighted by molar-refractivity contribution is 7.90. The van der Waals surface area contributed by atoms with Crippen molar-refractivity contribution in [3.63, 3.8) is 0 Å². The molecule has 4 saturated carbocycles. The molecule has 2 N–H and O–H groups in total. The van der Waals surface area contributed by atoms with Crippen LogP contribution in [0.25, 0.3) is 0 Å². The summed E-state index contributed by atoms with van der Waals surface area (Å²) >= 11 is 0. The molecule has 1 unspecified atom stereocenters. The predicted molar refractivity (Wildman–Crippen MR) is 81.9 cm³/mol. The number of carbonyl (C=O) groups excluding carboxylic acids is 1. The second-order valence-electron chi connectivity index (χ2n) is 7.88. The Morgan fingerprint density at radius 1 is 1.12 bits per heavy atom. The molecule has 5 aliphatic rings. The Bertz CT molecular complexity index is 684. The zero-order valence-corrected chi connectivity index (χ0v) is 14.2. The van der Waals surface area contributed by atoms with Gasteiger partial charge in [0.1, 0.15) is 6.04 Å². The Labute approximate surface area is 143 Å². The topological polar surface area (TPSA) is 78.5 Å². The van der Waals surface area contributed by atoms with E-state index in [1.165, 1.54) is 25.3 Å². The molecular formula is C15H20F3N3O3S. The summed E-state index contributed by atoms with van der Waals surface area (Å²) in [5.41, 5.74) is -2.72. The van der Waals surface area contributed by atoms with Crippen molar-refractivity contribution in [2.45, 2.75) is 55.6 Å². The molecule has 1 amide bonds. The van der Waals surface area contributed by atoms with Gasteiger partial charge in [-0.1, -0.05) is 0 Å². The minimum Gasteiger partial charge on any atom is -0.309 e. The second-order valence-corrected chi connectivity index (χ2v) is 9.55. The molecule has 0 aromatic rings. The van der Waals surface area contributed by atoms with Gasteiger partial charge in [-0.15, -0.1) is 0 Å². The molecule has 4 aliphatic carbocycles. The van der Waals surface area contributed by atoms with Crippen molar-refractivity contribution in [3.05, 3.63) is 12.3 Å². The smallest absolute Gasteiger partial charge is 0.309 e. The van der Waals surface area contributed by atoms with Gasteiger partial charge < -0.3 is 5.01 Å². The third kappa shape index (κ3) is 2.83. The van der Waals surface area contributed by atoms with Gasteiger partial charge in [-0.3, -0.25) is 4.79 Å². The summed E-state index contributed by atoms with van der Waals surface area (Å²) in [6.07, 6.45) is 9.83. The van der Waals surface area contributed by atoms with Gasteiger partial charge >= 0.3 is 15.5 Å². The monoisotopic (exact) mass is 379 g/mol. The summed E-state index contributed by atoms with van der Waals surface area (Å²) in [7, 11) is -5.69. The van der Waals surface area contributed by atoms with E-state index >= 15 is 0 Å². The van der Waals surface area contributed by atoms with Crippen LogP contribution in [0.3, 0.4) is 0 Å². The SMILES string of the molecule is O=C(NS(=O)(=O)C(F)(F)F)C1C=CN(C23CC4CC(CC(C4)C2)C3)N1. The summed E-state index contributed by atoms with van der Waals surface area (Å²) in [4.78, 5) is 11.9. The summed E-state index contributed by atoms with van der Waals surface area (Å²) < 4.78 is 60.5. The summed E-state index contributed by atoms with van der Waals surface area (Å²) in [5, 5.41) is 1.85. The molecule has 140 valence electrons. The summed E-state index contributed by atoms with van der Waals surface area (Å²) in [5.74, 6) is 0.778. The van der Waals surface area contributed by atoms with Crippen LogP contribution in [0.5, 0.6) is 0 Å². The van der Waals surface area contributed by atoms with Gasteiger partial charge in [-0.2, -0.15) is 21.6 Å². The number of sulfonamides is 1. The van der Waals surface area contributed by atoms with Crippen molar-refractivity contribution in [3.8, 4) is 0 Å². The fourth-order valence-electron chi connectivity index (χ4n) is 5.46. The van der Waals surface area contributed by atoms with E-state index in [0.29, 0.717) is 17.8 Å². The molecule has 1 heterocycles. The lowest BCUT2D eigenvalue weighted by atomic mass is 9.53. The molecule has 1 aliphatic heterocycles. The first-order chi connectivity index (χ1) is 11.6. The predicted octanol–water partition coefficient (Wildman–Crippen LogP) is 1.62. The van der Waals surface area contributed by atoms with Crippen molar-refractivity contribution in [1.82, 2.24) is 15.2 Å². The van der Waals surface area contributed by atoms with E-state index in [1.54, 1.807) is 6.20 Å². The Balaban J connectivity index is 1.44. The van der Waals surface area contributed by atoms with Crippen LogP contribution < -0.4 is 10.1 Å². The molecule has 1 atom stereocenters. The van der Waals surface area contributed by atoms with Gasteiger partial charge in [0, 0.05) is 6.20 Å². The van der Waals surface area contributed by atoms with E-state index in [9.17, 15) is 26.4 Å². The second kappa shape index (κ2) is 5.35. The van der Waals surface area contributed by atoms with Gasteiger partial charge in [0.05, 0.1) is 5.54 Å². The van der Waals surface area contributed by atoms with Crippen molar-refractivity contribution < 1.29 is 26.4 Å². The fraction of sp³-hybridized carbons (Fsp3) is 0.800. The van der Waals surface area contributed by atoms with E-state index in [4.69, 9.17) is 0 Å². The highest BCUT2D eigenvalue weighted by Crippen LogP contribution is 2.57. The lowest BCUT2D eigenvalue weighted by molar-refractivity contribution is -0.124. The Hall–Kier alpha value is -1.29. The first kappa shape index (κ1) is 17.1. The number of alkyl halides is 3. The van der Waals surface area contributed by atoms with Gasteiger partial charge in [0.2, 0.25) is 0 Å². The molecule has 0 aromatic carbocycles. The Morgan fingerprint density at radius 3 is 2.12 bits per heavy atom. The minimum absolute atomic E-state index is 0.108. The lowest BCUT2D eigenvalue weighted by Gasteiger charge is -2.59. The van der Waals surface area contributed by atoms with Crippen molar-refractivity contribution in [1.29, 1.82) is 0 Å².